The van der Waals surface area contributed by atoms with Crippen molar-refractivity contribution in [3.8, 4) is 0 Å². The van der Waals surface area contributed by atoms with E-state index in [1.807, 2.05) is 12.3 Å². The van der Waals surface area contributed by atoms with E-state index in [0.717, 1.165) is 32.9 Å². The number of hydrogen-bond donors (Lipinski definition) is 1. The first kappa shape index (κ1) is 12.7. The third kappa shape index (κ3) is 2.09. The fourth-order valence-electron chi connectivity index (χ4n) is 2.88. The van der Waals surface area contributed by atoms with Crippen LogP contribution in [0.15, 0.2) is 53.6 Å². The minimum Gasteiger partial charge on any atom is -0.361 e. The molecule has 4 rings (SSSR count). The minimum atomic E-state index is -0.182. The summed E-state index contributed by atoms with van der Waals surface area (Å²) in [4.78, 5) is 4.47. The van der Waals surface area contributed by atoms with Crippen molar-refractivity contribution in [1.82, 2.24) is 4.98 Å². The van der Waals surface area contributed by atoms with E-state index in [1.165, 1.54) is 17.0 Å². The zero-order valence-electron chi connectivity index (χ0n) is 11.6. The lowest BCUT2D eigenvalue weighted by molar-refractivity contribution is 0.626. The first-order valence-electron chi connectivity index (χ1n) is 6.93. The molecule has 1 aromatic heterocycles. The molecular formula is C18H14FNS. The van der Waals surface area contributed by atoms with Crippen molar-refractivity contribution in [3.63, 3.8) is 0 Å². The number of H-pyrrole nitrogens is 1. The predicted octanol–water partition coefficient (Wildman–Crippen LogP) is 5.15. The van der Waals surface area contributed by atoms with Gasteiger partial charge in [-0.15, -0.1) is 11.8 Å². The van der Waals surface area contributed by atoms with Gasteiger partial charge in [-0.3, -0.25) is 0 Å². The highest BCUT2D eigenvalue weighted by atomic mass is 32.2. The van der Waals surface area contributed by atoms with Crippen molar-refractivity contribution < 1.29 is 4.39 Å². The largest absolute Gasteiger partial charge is 0.361 e. The molecule has 0 spiro atoms. The van der Waals surface area contributed by atoms with Crippen LogP contribution in [0.1, 0.15) is 16.7 Å². The number of aromatic nitrogens is 1. The highest BCUT2D eigenvalue weighted by Gasteiger charge is 2.18. The topological polar surface area (TPSA) is 15.8 Å². The normalized spacial score (nSPS) is 14.1. The molecule has 0 amide bonds. The van der Waals surface area contributed by atoms with Crippen molar-refractivity contribution in [2.45, 2.75) is 11.8 Å². The summed E-state index contributed by atoms with van der Waals surface area (Å²) >= 11 is 1.75. The molecule has 3 aromatic rings. The third-order valence-corrected chi connectivity index (χ3v) is 4.89. The molecule has 0 unspecified atom stereocenters. The van der Waals surface area contributed by atoms with Gasteiger partial charge in [0.05, 0.1) is 0 Å². The van der Waals surface area contributed by atoms with Crippen LogP contribution in [-0.4, -0.2) is 10.7 Å². The van der Waals surface area contributed by atoms with E-state index in [0.29, 0.717) is 0 Å². The van der Waals surface area contributed by atoms with Crippen molar-refractivity contribution in [2.24, 2.45) is 0 Å². The average molecular weight is 295 g/mol. The molecule has 0 saturated heterocycles. The van der Waals surface area contributed by atoms with Crippen molar-refractivity contribution in [2.75, 3.05) is 5.75 Å². The fraction of sp³-hybridized carbons (Fsp3) is 0.111. The van der Waals surface area contributed by atoms with E-state index in [4.69, 9.17) is 0 Å². The molecule has 2 heterocycles. The Morgan fingerprint density at radius 2 is 2.00 bits per heavy atom. The summed E-state index contributed by atoms with van der Waals surface area (Å²) in [6.45, 7) is 2.09. The number of benzene rings is 2. The fourth-order valence-corrected chi connectivity index (χ4v) is 3.79. The van der Waals surface area contributed by atoms with Gasteiger partial charge in [0.25, 0.3) is 0 Å². The lowest BCUT2D eigenvalue weighted by atomic mass is 9.96. The monoisotopic (exact) mass is 295 g/mol. The first-order chi connectivity index (χ1) is 10.2. The summed E-state index contributed by atoms with van der Waals surface area (Å²) in [7, 11) is 0. The Hall–Kier alpha value is -2.00. The van der Waals surface area contributed by atoms with Crippen LogP contribution >= 0.6 is 11.8 Å². The molecule has 0 atom stereocenters. The van der Waals surface area contributed by atoms with Gasteiger partial charge in [0.15, 0.2) is 0 Å². The molecule has 21 heavy (non-hydrogen) atoms. The quantitative estimate of drug-likeness (QED) is 0.656. The lowest BCUT2D eigenvalue weighted by Crippen LogP contribution is -1.97. The van der Waals surface area contributed by atoms with Crippen molar-refractivity contribution in [3.05, 3.63) is 71.2 Å². The zero-order valence-corrected chi connectivity index (χ0v) is 12.4. The van der Waals surface area contributed by atoms with Gasteiger partial charge in [0.1, 0.15) is 5.82 Å². The number of hydrogen-bond acceptors (Lipinski definition) is 1. The second-order valence-corrected chi connectivity index (χ2v) is 6.38. The summed E-state index contributed by atoms with van der Waals surface area (Å²) in [5.41, 5.74) is 5.62. The van der Waals surface area contributed by atoms with Crippen molar-refractivity contribution >= 4 is 28.2 Å². The molecule has 1 aliphatic rings. The Labute approximate surface area is 126 Å². The molecule has 0 aliphatic carbocycles. The molecule has 3 heteroatoms. The van der Waals surface area contributed by atoms with Gasteiger partial charge < -0.3 is 4.98 Å². The lowest BCUT2D eigenvalue weighted by Gasteiger charge is -2.17. The molecule has 1 N–H and O–H groups in total. The Kier molecular flexibility index (Phi) is 2.89. The number of thioether (sulfide) groups is 1. The number of fused-ring (bicyclic) bond motifs is 2. The average Bonchev–Trinajstić information content (AvgIpc) is 2.89. The van der Waals surface area contributed by atoms with Crippen LogP contribution < -0.4 is 0 Å². The molecule has 0 saturated carbocycles. The molecular weight excluding hydrogens is 281 g/mol. The molecule has 1 nitrogen and oxygen atoms in total. The maximum absolute atomic E-state index is 13.6. The van der Waals surface area contributed by atoms with Crippen LogP contribution in [0.5, 0.6) is 0 Å². The van der Waals surface area contributed by atoms with Gasteiger partial charge in [-0.05, 0) is 48.4 Å². The summed E-state index contributed by atoms with van der Waals surface area (Å²) in [6.07, 6.45) is 4.22. The van der Waals surface area contributed by atoms with Gasteiger partial charge in [-0.1, -0.05) is 17.7 Å². The molecule has 1 aliphatic heterocycles. The molecule has 0 bridgehead atoms. The second kappa shape index (κ2) is 4.78. The zero-order chi connectivity index (χ0) is 14.4. The van der Waals surface area contributed by atoms with Gasteiger partial charge in [0.2, 0.25) is 0 Å². The maximum atomic E-state index is 13.6. The van der Waals surface area contributed by atoms with Crippen molar-refractivity contribution in [1.29, 1.82) is 0 Å². The summed E-state index contributed by atoms with van der Waals surface area (Å²) in [6, 6.07) is 11.4. The van der Waals surface area contributed by atoms with E-state index < -0.39 is 0 Å². The smallest absolute Gasteiger partial charge is 0.123 e. The Morgan fingerprint density at radius 1 is 1.10 bits per heavy atom. The number of aryl methyl sites for hydroxylation is 1. The van der Waals surface area contributed by atoms with Crippen LogP contribution in [-0.2, 0) is 0 Å². The van der Waals surface area contributed by atoms with Gasteiger partial charge >= 0.3 is 0 Å². The summed E-state index contributed by atoms with van der Waals surface area (Å²) < 4.78 is 13.6. The van der Waals surface area contributed by atoms with Crippen LogP contribution in [0.2, 0.25) is 0 Å². The van der Waals surface area contributed by atoms with Crippen LogP contribution in [0.3, 0.4) is 0 Å². The van der Waals surface area contributed by atoms with E-state index in [-0.39, 0.29) is 5.82 Å². The molecule has 2 aromatic carbocycles. The van der Waals surface area contributed by atoms with E-state index >= 15 is 0 Å². The highest BCUT2D eigenvalue weighted by Crippen LogP contribution is 2.39. The van der Waals surface area contributed by atoms with Gasteiger partial charge in [-0.25, -0.2) is 4.39 Å². The predicted molar refractivity (Wildman–Crippen MR) is 87.2 cm³/mol. The number of rotatable bonds is 1. The molecule has 0 radical (unpaired) electrons. The SMILES string of the molecule is Cc1ccc2[nH]cc(C3=CCSc4ccc(F)cc43)c2c1. The molecule has 104 valence electrons. The Bertz CT molecular complexity index is 876. The summed E-state index contributed by atoms with van der Waals surface area (Å²) in [5.74, 6) is 0.741. The number of halogens is 1. The Morgan fingerprint density at radius 3 is 2.90 bits per heavy atom. The maximum Gasteiger partial charge on any atom is 0.123 e. The van der Waals surface area contributed by atoms with Gasteiger partial charge in [-0.2, -0.15) is 0 Å². The van der Waals surface area contributed by atoms with Crippen LogP contribution in [0.25, 0.3) is 16.5 Å². The third-order valence-electron chi connectivity index (χ3n) is 3.89. The second-order valence-electron chi connectivity index (χ2n) is 5.32. The molecule has 0 fully saturated rings. The van der Waals surface area contributed by atoms with E-state index in [2.05, 4.69) is 36.2 Å². The summed E-state index contributed by atoms with van der Waals surface area (Å²) in [5, 5.41) is 1.20. The Balaban J connectivity index is 1.95. The minimum absolute atomic E-state index is 0.182. The standard InChI is InChI=1S/C18H14FNS/c1-11-2-4-17-14(8-11)16(10-20-17)13-6-7-21-18-5-3-12(19)9-15(13)18/h2-6,8-10,20H,7H2,1H3. The first-order valence-corrected chi connectivity index (χ1v) is 7.92. The number of nitrogens with one attached hydrogen (secondary N) is 1. The highest BCUT2D eigenvalue weighted by molar-refractivity contribution is 7.99. The number of aromatic amines is 1. The van der Waals surface area contributed by atoms with E-state index in [9.17, 15) is 4.39 Å². The van der Waals surface area contributed by atoms with Gasteiger partial charge in [0, 0.05) is 33.3 Å². The van der Waals surface area contributed by atoms with E-state index in [1.54, 1.807) is 17.8 Å². The van der Waals surface area contributed by atoms with Crippen LogP contribution in [0, 0.1) is 12.7 Å². The van der Waals surface area contributed by atoms with Crippen LogP contribution in [0.4, 0.5) is 4.39 Å².